The Morgan fingerprint density at radius 3 is 2.57 bits per heavy atom. The Bertz CT molecular complexity index is 1080. The van der Waals surface area contributed by atoms with Gasteiger partial charge in [-0.25, -0.2) is 0 Å². The molecule has 1 aliphatic heterocycles. The number of Topliss-reactive ketones (excluding diaryl/α,β-unsaturated/α-hetero) is 1. The maximum atomic E-state index is 12.9. The van der Waals surface area contributed by atoms with Crippen LogP contribution in [0.3, 0.4) is 0 Å². The molecule has 8 heteroatoms. The zero-order valence-electron chi connectivity index (χ0n) is 21.2. The van der Waals surface area contributed by atoms with E-state index in [1.54, 1.807) is 25.1 Å². The van der Waals surface area contributed by atoms with E-state index in [-0.39, 0.29) is 30.8 Å². The number of carbonyl (C=O) groups excluding carboxylic acids is 3. The standard InChI is InChI=1S/C27H35N3O5/c1-6-29(7-2)13-12-28-27(33)20(5)30-22-15-21(9-11-25(22)35-17-26(30)32)23(31)16-34-24-10-8-18(3)14-19(24)4/h8-11,14-15,20H,6-7,12-13,16-17H2,1-5H3,(H,28,33)/t20-/m1/s1. The van der Waals surface area contributed by atoms with Crippen LogP contribution < -0.4 is 19.7 Å². The minimum Gasteiger partial charge on any atom is -0.485 e. The minimum absolute atomic E-state index is 0.140. The molecule has 1 N–H and O–H groups in total. The first-order chi connectivity index (χ1) is 16.7. The number of ketones is 1. The topological polar surface area (TPSA) is 88.2 Å². The lowest BCUT2D eigenvalue weighted by Crippen LogP contribution is -2.52. The predicted octanol–water partition coefficient (Wildman–Crippen LogP) is 3.14. The molecule has 2 aromatic carbocycles. The molecule has 2 amide bonds. The van der Waals surface area contributed by atoms with Gasteiger partial charge in [-0.2, -0.15) is 0 Å². The summed E-state index contributed by atoms with van der Waals surface area (Å²) in [6, 6.07) is 9.92. The molecule has 0 unspecified atom stereocenters. The monoisotopic (exact) mass is 481 g/mol. The second kappa shape index (κ2) is 11.8. The smallest absolute Gasteiger partial charge is 0.265 e. The number of amides is 2. The summed E-state index contributed by atoms with van der Waals surface area (Å²) in [6.45, 7) is 12.5. The van der Waals surface area contributed by atoms with Crippen molar-refractivity contribution in [2.45, 2.75) is 40.7 Å². The maximum Gasteiger partial charge on any atom is 0.265 e. The van der Waals surface area contributed by atoms with E-state index in [9.17, 15) is 14.4 Å². The Morgan fingerprint density at radius 2 is 1.89 bits per heavy atom. The van der Waals surface area contributed by atoms with E-state index >= 15 is 0 Å². The average Bonchev–Trinajstić information content (AvgIpc) is 2.85. The van der Waals surface area contributed by atoms with E-state index in [4.69, 9.17) is 9.47 Å². The number of fused-ring (bicyclic) bond motifs is 1. The highest BCUT2D eigenvalue weighted by atomic mass is 16.5. The third-order valence-corrected chi connectivity index (χ3v) is 6.24. The van der Waals surface area contributed by atoms with Crippen LogP contribution in [-0.4, -0.2) is 67.9 Å². The van der Waals surface area contributed by atoms with Crippen LogP contribution in [0.4, 0.5) is 5.69 Å². The summed E-state index contributed by atoms with van der Waals surface area (Å²) in [5, 5.41) is 2.91. The Kier molecular flexibility index (Phi) is 8.87. The summed E-state index contributed by atoms with van der Waals surface area (Å²) >= 11 is 0. The summed E-state index contributed by atoms with van der Waals surface area (Å²) in [6.07, 6.45) is 0. The first-order valence-electron chi connectivity index (χ1n) is 12.1. The van der Waals surface area contributed by atoms with Gasteiger partial charge < -0.3 is 19.7 Å². The molecular weight excluding hydrogens is 446 g/mol. The number of nitrogens with zero attached hydrogens (tertiary/aromatic N) is 2. The van der Waals surface area contributed by atoms with Crippen LogP contribution in [0.15, 0.2) is 36.4 Å². The van der Waals surface area contributed by atoms with Gasteiger partial charge in [0.1, 0.15) is 17.5 Å². The number of aryl methyl sites for hydroxylation is 2. The van der Waals surface area contributed by atoms with Gasteiger partial charge in [-0.1, -0.05) is 31.5 Å². The molecule has 0 aliphatic carbocycles. The van der Waals surface area contributed by atoms with Gasteiger partial charge in [0, 0.05) is 18.7 Å². The summed E-state index contributed by atoms with van der Waals surface area (Å²) in [7, 11) is 0. The molecular formula is C27H35N3O5. The lowest BCUT2D eigenvalue weighted by Gasteiger charge is -2.33. The number of nitrogens with one attached hydrogen (secondary N) is 1. The molecule has 0 saturated heterocycles. The van der Waals surface area contributed by atoms with Gasteiger partial charge in [0.25, 0.3) is 5.91 Å². The van der Waals surface area contributed by atoms with Gasteiger partial charge >= 0.3 is 0 Å². The van der Waals surface area contributed by atoms with Crippen LogP contribution in [0.25, 0.3) is 0 Å². The van der Waals surface area contributed by atoms with Crippen molar-refractivity contribution in [3.8, 4) is 11.5 Å². The summed E-state index contributed by atoms with van der Waals surface area (Å²) in [5.41, 5.74) is 2.86. The molecule has 2 aromatic rings. The fraction of sp³-hybridized carbons (Fsp3) is 0.444. The van der Waals surface area contributed by atoms with Crippen LogP contribution in [0, 0.1) is 13.8 Å². The number of likely N-dealkylation sites (N-methyl/N-ethyl adjacent to an activating group) is 1. The largest absolute Gasteiger partial charge is 0.485 e. The fourth-order valence-corrected chi connectivity index (χ4v) is 4.10. The zero-order chi connectivity index (χ0) is 25.5. The van der Waals surface area contributed by atoms with Crippen molar-refractivity contribution in [1.82, 2.24) is 10.2 Å². The summed E-state index contributed by atoms with van der Waals surface area (Å²) in [5.74, 6) is 0.284. The first kappa shape index (κ1) is 26.2. The number of hydrogen-bond donors (Lipinski definition) is 1. The second-order valence-electron chi connectivity index (χ2n) is 8.71. The van der Waals surface area contributed by atoms with E-state index in [0.29, 0.717) is 29.3 Å². The molecule has 188 valence electrons. The highest BCUT2D eigenvalue weighted by molar-refractivity contribution is 6.05. The molecule has 1 aliphatic rings. The predicted molar refractivity (Wildman–Crippen MR) is 135 cm³/mol. The van der Waals surface area contributed by atoms with Crippen LogP contribution >= 0.6 is 0 Å². The number of anilines is 1. The molecule has 0 aromatic heterocycles. The van der Waals surface area contributed by atoms with Crippen molar-refractivity contribution in [1.29, 1.82) is 0 Å². The molecule has 0 radical (unpaired) electrons. The van der Waals surface area contributed by atoms with Gasteiger partial charge in [0.05, 0.1) is 5.69 Å². The number of rotatable bonds is 11. The van der Waals surface area contributed by atoms with Gasteiger partial charge in [-0.3, -0.25) is 19.3 Å². The first-order valence-corrected chi connectivity index (χ1v) is 12.1. The third-order valence-electron chi connectivity index (χ3n) is 6.24. The van der Waals surface area contributed by atoms with Crippen molar-refractivity contribution < 1.29 is 23.9 Å². The second-order valence-corrected chi connectivity index (χ2v) is 8.71. The molecule has 0 bridgehead atoms. The van der Waals surface area contributed by atoms with Crippen molar-refractivity contribution >= 4 is 23.3 Å². The Morgan fingerprint density at radius 1 is 1.14 bits per heavy atom. The molecule has 8 nitrogen and oxygen atoms in total. The van der Waals surface area contributed by atoms with Crippen LogP contribution in [-0.2, 0) is 9.59 Å². The zero-order valence-corrected chi connectivity index (χ0v) is 21.2. The maximum absolute atomic E-state index is 12.9. The van der Waals surface area contributed by atoms with E-state index in [1.165, 1.54) is 4.90 Å². The lowest BCUT2D eigenvalue weighted by molar-refractivity contribution is -0.127. The number of ether oxygens (including phenoxy) is 2. The molecule has 1 heterocycles. The fourth-order valence-electron chi connectivity index (χ4n) is 4.10. The van der Waals surface area contributed by atoms with Gasteiger partial charge in [-0.15, -0.1) is 0 Å². The van der Waals surface area contributed by atoms with E-state index < -0.39 is 6.04 Å². The Labute approximate surface area is 207 Å². The summed E-state index contributed by atoms with van der Waals surface area (Å²) < 4.78 is 11.3. The minimum atomic E-state index is -0.751. The normalized spacial score (nSPS) is 13.8. The molecule has 0 fully saturated rings. The van der Waals surface area contributed by atoms with E-state index in [2.05, 4.69) is 24.1 Å². The Balaban J connectivity index is 1.72. The van der Waals surface area contributed by atoms with Gasteiger partial charge in [0.15, 0.2) is 19.0 Å². The molecule has 0 saturated carbocycles. The molecule has 0 spiro atoms. The van der Waals surface area contributed by atoms with E-state index in [0.717, 1.165) is 30.8 Å². The quantitative estimate of drug-likeness (QED) is 0.496. The van der Waals surface area contributed by atoms with E-state index in [1.807, 2.05) is 32.0 Å². The van der Waals surface area contributed by atoms with Crippen LogP contribution in [0.1, 0.15) is 42.3 Å². The van der Waals surface area contributed by atoms with Gasteiger partial charge in [0.2, 0.25) is 5.91 Å². The van der Waals surface area contributed by atoms with Gasteiger partial charge in [-0.05, 0) is 63.7 Å². The number of carbonyl (C=O) groups is 3. The van der Waals surface area contributed by atoms with Crippen LogP contribution in [0.5, 0.6) is 11.5 Å². The Hall–Kier alpha value is -3.39. The van der Waals surface area contributed by atoms with Crippen molar-refractivity contribution in [2.75, 3.05) is 44.3 Å². The molecule has 3 rings (SSSR count). The number of benzene rings is 2. The number of hydrogen-bond acceptors (Lipinski definition) is 6. The lowest BCUT2D eigenvalue weighted by atomic mass is 10.1. The van der Waals surface area contributed by atoms with Crippen molar-refractivity contribution in [3.63, 3.8) is 0 Å². The highest BCUT2D eigenvalue weighted by Gasteiger charge is 2.33. The van der Waals surface area contributed by atoms with Crippen LogP contribution in [0.2, 0.25) is 0 Å². The highest BCUT2D eigenvalue weighted by Crippen LogP contribution is 2.34. The van der Waals surface area contributed by atoms with Crippen molar-refractivity contribution in [2.24, 2.45) is 0 Å². The molecule has 35 heavy (non-hydrogen) atoms. The average molecular weight is 482 g/mol. The third kappa shape index (κ3) is 6.39. The van der Waals surface area contributed by atoms with Crippen molar-refractivity contribution in [3.05, 3.63) is 53.1 Å². The SMILES string of the molecule is CCN(CC)CCNC(=O)[C@@H](C)N1C(=O)COc2ccc(C(=O)COc3ccc(C)cc3C)cc21. The summed E-state index contributed by atoms with van der Waals surface area (Å²) in [4.78, 5) is 42.1. The molecule has 1 atom stereocenters.